The summed E-state index contributed by atoms with van der Waals surface area (Å²) in [7, 11) is 1.65. The van der Waals surface area contributed by atoms with Crippen molar-refractivity contribution in [1.29, 1.82) is 0 Å². The topological polar surface area (TPSA) is 53.3 Å². The molecule has 0 saturated carbocycles. The van der Waals surface area contributed by atoms with Crippen LogP contribution < -0.4 is 0 Å². The molecule has 0 radical (unpaired) electrons. The lowest BCUT2D eigenvalue weighted by Gasteiger charge is -2.08. The molecule has 0 unspecified atom stereocenters. The molecule has 0 amide bonds. The molecule has 2 aromatic carbocycles. The average molecular weight is 388 g/mol. The van der Waals surface area contributed by atoms with Crippen LogP contribution >= 0.6 is 11.8 Å². The highest BCUT2D eigenvalue weighted by molar-refractivity contribution is 7.98. The van der Waals surface area contributed by atoms with Crippen LogP contribution in [0.5, 0.6) is 0 Å². The van der Waals surface area contributed by atoms with Gasteiger partial charge in [0, 0.05) is 19.4 Å². The number of halogens is 1. The third-order valence-electron chi connectivity index (χ3n) is 4.00. The quantitative estimate of drug-likeness (QED) is 0.426. The Hall–Kier alpha value is -2.38. The SMILES string of the molecule is CCOC(=O)c1ccc2c(c1)nc(SCc1cccc(F)c1)n2CCOC. The summed E-state index contributed by atoms with van der Waals surface area (Å²) in [6, 6.07) is 11.9. The molecule has 0 fully saturated rings. The molecule has 0 aliphatic rings. The van der Waals surface area contributed by atoms with E-state index in [1.54, 1.807) is 32.2 Å². The van der Waals surface area contributed by atoms with Gasteiger partial charge in [0.15, 0.2) is 5.16 Å². The zero-order valence-corrected chi connectivity index (χ0v) is 16.1. The number of hydrogen-bond acceptors (Lipinski definition) is 5. The normalized spacial score (nSPS) is 11.1. The molecule has 0 aliphatic heterocycles. The number of thioether (sulfide) groups is 1. The molecule has 5 nitrogen and oxygen atoms in total. The molecular formula is C20H21FN2O3S. The maximum atomic E-state index is 13.4. The highest BCUT2D eigenvalue weighted by atomic mass is 32.2. The Balaban J connectivity index is 1.90. The van der Waals surface area contributed by atoms with E-state index in [-0.39, 0.29) is 11.8 Å². The lowest BCUT2D eigenvalue weighted by molar-refractivity contribution is 0.0526. The van der Waals surface area contributed by atoms with Gasteiger partial charge in [0.1, 0.15) is 5.82 Å². The molecule has 7 heteroatoms. The summed E-state index contributed by atoms with van der Waals surface area (Å²) in [5, 5.41) is 0.798. The van der Waals surface area contributed by atoms with E-state index in [0.29, 0.717) is 31.1 Å². The minimum Gasteiger partial charge on any atom is -0.462 e. The van der Waals surface area contributed by atoms with Gasteiger partial charge >= 0.3 is 5.97 Å². The largest absolute Gasteiger partial charge is 0.462 e. The summed E-state index contributed by atoms with van der Waals surface area (Å²) in [5.41, 5.74) is 3.00. The lowest BCUT2D eigenvalue weighted by atomic mass is 10.2. The number of carbonyl (C=O) groups is 1. The number of esters is 1. The van der Waals surface area contributed by atoms with Gasteiger partial charge in [-0.1, -0.05) is 23.9 Å². The molecule has 1 heterocycles. The third-order valence-corrected chi connectivity index (χ3v) is 5.05. The molecule has 3 rings (SSSR count). The maximum Gasteiger partial charge on any atom is 0.338 e. The van der Waals surface area contributed by atoms with Crippen molar-refractivity contribution in [2.24, 2.45) is 0 Å². The van der Waals surface area contributed by atoms with E-state index in [4.69, 9.17) is 9.47 Å². The zero-order valence-electron chi connectivity index (χ0n) is 15.3. The molecule has 142 valence electrons. The number of imidazole rings is 1. The number of hydrogen-bond donors (Lipinski definition) is 0. The van der Waals surface area contributed by atoms with Crippen LogP contribution in [0.1, 0.15) is 22.8 Å². The number of aromatic nitrogens is 2. The Labute approximate surface area is 161 Å². The first-order valence-electron chi connectivity index (χ1n) is 8.66. The fourth-order valence-electron chi connectivity index (χ4n) is 2.73. The van der Waals surface area contributed by atoms with E-state index in [1.165, 1.54) is 23.9 Å². The zero-order chi connectivity index (χ0) is 19.2. The van der Waals surface area contributed by atoms with E-state index in [2.05, 4.69) is 9.55 Å². The van der Waals surface area contributed by atoms with Gasteiger partial charge in [-0.15, -0.1) is 0 Å². The van der Waals surface area contributed by atoms with Crippen molar-refractivity contribution >= 4 is 28.8 Å². The van der Waals surface area contributed by atoms with E-state index >= 15 is 0 Å². The van der Waals surface area contributed by atoms with Gasteiger partial charge in [0.2, 0.25) is 0 Å². The first-order chi connectivity index (χ1) is 13.1. The van der Waals surface area contributed by atoms with E-state index in [9.17, 15) is 9.18 Å². The average Bonchev–Trinajstić information content (AvgIpc) is 3.01. The summed E-state index contributed by atoms with van der Waals surface area (Å²) in [6.45, 7) is 3.28. The molecule has 0 atom stereocenters. The van der Waals surface area contributed by atoms with Gasteiger partial charge in [-0.2, -0.15) is 0 Å². The Morgan fingerprint density at radius 1 is 1.26 bits per heavy atom. The minimum atomic E-state index is -0.361. The number of benzene rings is 2. The number of nitrogens with zero attached hydrogens (tertiary/aromatic N) is 2. The molecule has 27 heavy (non-hydrogen) atoms. The van der Waals surface area contributed by atoms with Crippen LogP contribution in [0.2, 0.25) is 0 Å². The molecule has 0 saturated heterocycles. The molecule has 0 spiro atoms. The second-order valence-corrected chi connectivity index (χ2v) is 6.82. The Morgan fingerprint density at radius 2 is 2.11 bits per heavy atom. The Kier molecular flexibility index (Phi) is 6.47. The highest BCUT2D eigenvalue weighted by Gasteiger charge is 2.15. The number of rotatable bonds is 8. The first-order valence-corrected chi connectivity index (χ1v) is 9.64. The van der Waals surface area contributed by atoms with Crippen molar-refractivity contribution in [2.75, 3.05) is 20.3 Å². The van der Waals surface area contributed by atoms with Crippen LogP contribution in [0.15, 0.2) is 47.6 Å². The van der Waals surface area contributed by atoms with Crippen LogP contribution in [0.25, 0.3) is 11.0 Å². The van der Waals surface area contributed by atoms with Crippen LogP contribution in [0.3, 0.4) is 0 Å². The third kappa shape index (κ3) is 4.67. The fourth-order valence-corrected chi connectivity index (χ4v) is 3.72. The lowest BCUT2D eigenvalue weighted by Crippen LogP contribution is -2.06. The van der Waals surface area contributed by atoms with Gasteiger partial charge in [-0.3, -0.25) is 0 Å². The van der Waals surface area contributed by atoms with Gasteiger partial charge in [0.25, 0.3) is 0 Å². The number of methoxy groups -OCH3 is 1. The number of carbonyl (C=O) groups excluding carboxylic acids is 1. The highest BCUT2D eigenvalue weighted by Crippen LogP contribution is 2.28. The molecule has 0 N–H and O–H groups in total. The second kappa shape index (κ2) is 9.01. The maximum absolute atomic E-state index is 13.4. The van der Waals surface area contributed by atoms with Gasteiger partial charge < -0.3 is 14.0 Å². The Bertz CT molecular complexity index is 942. The van der Waals surface area contributed by atoms with Gasteiger partial charge in [0.05, 0.1) is 29.8 Å². The molecule has 0 aliphatic carbocycles. The monoisotopic (exact) mass is 388 g/mol. The van der Waals surface area contributed by atoms with E-state index in [1.807, 2.05) is 12.1 Å². The van der Waals surface area contributed by atoms with Crippen molar-refractivity contribution in [3.05, 3.63) is 59.4 Å². The predicted octanol–water partition coefficient (Wildman–Crippen LogP) is 4.29. The second-order valence-electron chi connectivity index (χ2n) is 5.88. The summed E-state index contributed by atoms with van der Waals surface area (Å²) in [5.74, 6) is -0.0152. The van der Waals surface area contributed by atoms with Gasteiger partial charge in [-0.05, 0) is 42.8 Å². The van der Waals surface area contributed by atoms with Crippen molar-refractivity contribution in [3.63, 3.8) is 0 Å². The standard InChI is InChI=1S/C20H21FN2O3S/c1-3-26-19(24)15-7-8-18-17(12-15)22-20(23(18)9-10-25-2)27-13-14-5-4-6-16(21)11-14/h4-8,11-12H,3,9-10,13H2,1-2H3. The Morgan fingerprint density at radius 3 is 2.85 bits per heavy atom. The van der Waals surface area contributed by atoms with Crippen LogP contribution in [0, 0.1) is 5.82 Å². The van der Waals surface area contributed by atoms with Crippen molar-refractivity contribution in [2.45, 2.75) is 24.4 Å². The van der Waals surface area contributed by atoms with E-state index < -0.39 is 0 Å². The van der Waals surface area contributed by atoms with E-state index in [0.717, 1.165) is 21.8 Å². The first kappa shape index (κ1) is 19.4. The van der Waals surface area contributed by atoms with Crippen molar-refractivity contribution < 1.29 is 18.7 Å². The summed E-state index contributed by atoms with van der Waals surface area (Å²) >= 11 is 1.52. The molecule has 3 aromatic rings. The predicted molar refractivity (Wildman–Crippen MR) is 104 cm³/mol. The fraction of sp³-hybridized carbons (Fsp3) is 0.300. The summed E-state index contributed by atoms with van der Waals surface area (Å²) < 4.78 is 25.7. The van der Waals surface area contributed by atoms with Crippen LogP contribution in [-0.4, -0.2) is 35.8 Å². The molecule has 1 aromatic heterocycles. The summed E-state index contributed by atoms with van der Waals surface area (Å²) in [6.07, 6.45) is 0. The molecular weight excluding hydrogens is 367 g/mol. The summed E-state index contributed by atoms with van der Waals surface area (Å²) in [4.78, 5) is 16.7. The number of ether oxygens (including phenoxy) is 2. The molecule has 0 bridgehead atoms. The smallest absolute Gasteiger partial charge is 0.338 e. The number of fused-ring (bicyclic) bond motifs is 1. The van der Waals surface area contributed by atoms with Crippen LogP contribution in [-0.2, 0) is 21.8 Å². The van der Waals surface area contributed by atoms with Crippen molar-refractivity contribution in [1.82, 2.24) is 9.55 Å². The van der Waals surface area contributed by atoms with Crippen LogP contribution in [0.4, 0.5) is 4.39 Å². The van der Waals surface area contributed by atoms with Gasteiger partial charge in [-0.25, -0.2) is 14.2 Å². The minimum absolute atomic E-state index is 0.250. The van der Waals surface area contributed by atoms with Crippen molar-refractivity contribution in [3.8, 4) is 0 Å².